The van der Waals surface area contributed by atoms with Crippen LogP contribution in [0.15, 0.2) is 60.8 Å². The number of rotatable bonds is 5. The zero-order chi connectivity index (χ0) is 18.8. The van der Waals surface area contributed by atoms with Crippen molar-refractivity contribution in [3.63, 3.8) is 0 Å². The first kappa shape index (κ1) is 17.2. The molecule has 0 saturated heterocycles. The van der Waals surface area contributed by atoms with Crippen molar-refractivity contribution in [2.45, 2.75) is 19.3 Å². The van der Waals surface area contributed by atoms with Crippen LogP contribution in [0, 0.1) is 12.8 Å². The fourth-order valence-corrected chi connectivity index (χ4v) is 3.41. The summed E-state index contributed by atoms with van der Waals surface area (Å²) in [6.45, 7) is 1.86. The van der Waals surface area contributed by atoms with Gasteiger partial charge in [0.05, 0.1) is 12.8 Å². The van der Waals surface area contributed by atoms with Gasteiger partial charge in [0.25, 0.3) is 0 Å². The molecule has 5 nitrogen and oxygen atoms in total. The van der Waals surface area contributed by atoms with Crippen LogP contribution in [0.1, 0.15) is 23.7 Å². The minimum Gasteiger partial charge on any atom is -0.496 e. The van der Waals surface area contributed by atoms with Crippen molar-refractivity contribution in [3.05, 3.63) is 72.2 Å². The van der Waals surface area contributed by atoms with E-state index in [1.807, 2.05) is 61.5 Å². The molecule has 1 saturated carbocycles. The van der Waals surface area contributed by atoms with E-state index in [1.54, 1.807) is 13.3 Å². The highest BCUT2D eigenvalue weighted by atomic mass is 16.5. The maximum absolute atomic E-state index is 12.7. The molecule has 4 rings (SSSR count). The predicted octanol–water partition coefficient (Wildman–Crippen LogP) is 4.20. The van der Waals surface area contributed by atoms with E-state index in [0.717, 1.165) is 40.5 Å². The molecular formula is C22H21N3O2. The van der Waals surface area contributed by atoms with Crippen LogP contribution in [0.2, 0.25) is 0 Å². The number of nitrogens with zero attached hydrogens (tertiary/aromatic N) is 2. The van der Waals surface area contributed by atoms with Gasteiger partial charge < -0.3 is 10.1 Å². The van der Waals surface area contributed by atoms with Crippen LogP contribution in [0.25, 0.3) is 11.3 Å². The molecule has 1 aliphatic carbocycles. The summed E-state index contributed by atoms with van der Waals surface area (Å²) >= 11 is 0. The van der Waals surface area contributed by atoms with Crippen molar-refractivity contribution >= 4 is 11.6 Å². The second-order valence-corrected chi connectivity index (χ2v) is 6.75. The first-order valence-electron chi connectivity index (χ1n) is 8.99. The highest BCUT2D eigenvalue weighted by molar-refractivity contribution is 5.95. The number of hydrogen-bond donors (Lipinski definition) is 1. The third-order valence-electron chi connectivity index (χ3n) is 4.87. The Morgan fingerprint density at radius 3 is 2.81 bits per heavy atom. The van der Waals surface area contributed by atoms with Gasteiger partial charge in [0.15, 0.2) is 0 Å². The predicted molar refractivity (Wildman–Crippen MR) is 105 cm³/mol. The van der Waals surface area contributed by atoms with E-state index >= 15 is 0 Å². The molecule has 1 aromatic heterocycles. The molecule has 0 radical (unpaired) electrons. The first-order chi connectivity index (χ1) is 13.2. The average Bonchev–Trinajstić information content (AvgIpc) is 3.49. The van der Waals surface area contributed by atoms with Gasteiger partial charge in [-0.2, -0.15) is 0 Å². The Balaban J connectivity index is 1.47. The summed E-state index contributed by atoms with van der Waals surface area (Å²) in [7, 11) is 1.66. The number of amides is 1. The fraction of sp³-hybridized carbons (Fsp3) is 0.227. The number of nitrogens with one attached hydrogen (secondary N) is 1. The Morgan fingerprint density at radius 2 is 2.00 bits per heavy atom. The third kappa shape index (κ3) is 3.67. The molecule has 1 amide bonds. The molecule has 2 atom stereocenters. The molecule has 1 aliphatic rings. The molecule has 1 heterocycles. The number of aryl methyl sites for hydroxylation is 1. The number of ether oxygens (including phenoxy) is 1. The molecule has 2 aromatic carbocycles. The second kappa shape index (κ2) is 7.19. The largest absolute Gasteiger partial charge is 0.496 e. The van der Waals surface area contributed by atoms with Crippen LogP contribution in [-0.2, 0) is 4.79 Å². The van der Waals surface area contributed by atoms with Gasteiger partial charge in [-0.25, -0.2) is 9.97 Å². The summed E-state index contributed by atoms with van der Waals surface area (Å²) in [5.74, 6) is 1.81. The van der Waals surface area contributed by atoms with Gasteiger partial charge in [0, 0.05) is 23.4 Å². The van der Waals surface area contributed by atoms with E-state index in [9.17, 15) is 4.79 Å². The third-order valence-corrected chi connectivity index (χ3v) is 4.87. The standard InChI is InChI=1S/C22H21N3O2/c1-14-23-11-10-20(24-14)15-6-5-7-16(12-15)25-22(26)19-13-18(19)17-8-3-4-9-21(17)27-2/h3-12,18-19H,13H2,1-2H3,(H,25,26)/t18-,19+/m0/s1. The van der Waals surface area contributed by atoms with Gasteiger partial charge in [0.1, 0.15) is 11.6 Å². The van der Waals surface area contributed by atoms with E-state index in [2.05, 4.69) is 15.3 Å². The van der Waals surface area contributed by atoms with Crippen molar-refractivity contribution in [3.8, 4) is 17.0 Å². The Morgan fingerprint density at radius 1 is 1.15 bits per heavy atom. The van der Waals surface area contributed by atoms with Crippen LogP contribution in [0.3, 0.4) is 0 Å². The molecule has 0 unspecified atom stereocenters. The number of para-hydroxylation sites is 1. The molecule has 0 bridgehead atoms. The molecule has 0 aliphatic heterocycles. The summed E-state index contributed by atoms with van der Waals surface area (Å²) in [6.07, 6.45) is 2.59. The van der Waals surface area contributed by atoms with Gasteiger partial charge in [-0.3, -0.25) is 4.79 Å². The smallest absolute Gasteiger partial charge is 0.228 e. The summed E-state index contributed by atoms with van der Waals surface area (Å²) < 4.78 is 5.42. The van der Waals surface area contributed by atoms with Crippen LogP contribution in [0.5, 0.6) is 5.75 Å². The molecule has 27 heavy (non-hydrogen) atoms. The van der Waals surface area contributed by atoms with Gasteiger partial charge >= 0.3 is 0 Å². The number of aromatic nitrogens is 2. The van der Waals surface area contributed by atoms with Crippen molar-refractivity contribution < 1.29 is 9.53 Å². The molecule has 1 N–H and O–H groups in total. The van der Waals surface area contributed by atoms with E-state index in [4.69, 9.17) is 4.74 Å². The number of carbonyl (C=O) groups excluding carboxylic acids is 1. The lowest BCUT2D eigenvalue weighted by Crippen LogP contribution is -2.14. The topological polar surface area (TPSA) is 64.1 Å². The van der Waals surface area contributed by atoms with E-state index in [-0.39, 0.29) is 17.7 Å². The second-order valence-electron chi connectivity index (χ2n) is 6.75. The van der Waals surface area contributed by atoms with E-state index < -0.39 is 0 Å². The molecule has 136 valence electrons. The van der Waals surface area contributed by atoms with Crippen molar-refractivity contribution in [1.29, 1.82) is 0 Å². The molecule has 1 fully saturated rings. The minimum atomic E-state index is -0.0220. The Labute approximate surface area is 158 Å². The lowest BCUT2D eigenvalue weighted by atomic mass is 10.1. The van der Waals surface area contributed by atoms with Gasteiger partial charge in [0.2, 0.25) is 5.91 Å². The van der Waals surface area contributed by atoms with Crippen LogP contribution < -0.4 is 10.1 Å². The molecular weight excluding hydrogens is 338 g/mol. The number of hydrogen-bond acceptors (Lipinski definition) is 4. The summed E-state index contributed by atoms with van der Waals surface area (Å²) in [5.41, 5.74) is 3.68. The van der Waals surface area contributed by atoms with Crippen molar-refractivity contribution in [2.75, 3.05) is 12.4 Å². The lowest BCUT2D eigenvalue weighted by molar-refractivity contribution is -0.117. The van der Waals surface area contributed by atoms with Crippen molar-refractivity contribution in [1.82, 2.24) is 9.97 Å². The van der Waals surface area contributed by atoms with Gasteiger partial charge in [-0.15, -0.1) is 0 Å². The maximum Gasteiger partial charge on any atom is 0.228 e. The lowest BCUT2D eigenvalue weighted by Gasteiger charge is -2.09. The average molecular weight is 359 g/mol. The molecule has 5 heteroatoms. The minimum absolute atomic E-state index is 0.0220. The maximum atomic E-state index is 12.7. The number of carbonyl (C=O) groups is 1. The fourth-order valence-electron chi connectivity index (χ4n) is 3.41. The first-order valence-corrected chi connectivity index (χ1v) is 8.99. The summed E-state index contributed by atoms with van der Waals surface area (Å²) in [6, 6.07) is 17.5. The summed E-state index contributed by atoms with van der Waals surface area (Å²) in [4.78, 5) is 21.3. The number of methoxy groups -OCH3 is 1. The highest BCUT2D eigenvalue weighted by Gasteiger charge is 2.45. The Bertz CT molecular complexity index is 987. The number of benzene rings is 2. The van der Waals surface area contributed by atoms with Crippen LogP contribution in [0.4, 0.5) is 5.69 Å². The van der Waals surface area contributed by atoms with Crippen molar-refractivity contribution in [2.24, 2.45) is 5.92 Å². The zero-order valence-corrected chi connectivity index (χ0v) is 15.3. The van der Waals surface area contributed by atoms with Crippen LogP contribution in [-0.4, -0.2) is 23.0 Å². The van der Waals surface area contributed by atoms with Crippen LogP contribution >= 0.6 is 0 Å². The van der Waals surface area contributed by atoms with Gasteiger partial charge in [-0.1, -0.05) is 30.3 Å². The summed E-state index contributed by atoms with van der Waals surface area (Å²) in [5, 5.41) is 3.04. The highest BCUT2D eigenvalue weighted by Crippen LogP contribution is 2.50. The van der Waals surface area contributed by atoms with Gasteiger partial charge in [-0.05, 0) is 49.1 Å². The normalized spacial score (nSPS) is 18.0. The molecule has 0 spiro atoms. The number of anilines is 1. The Kier molecular flexibility index (Phi) is 4.59. The monoisotopic (exact) mass is 359 g/mol. The van der Waals surface area contributed by atoms with E-state index in [1.165, 1.54) is 0 Å². The SMILES string of the molecule is COc1ccccc1[C@@H]1C[C@H]1C(=O)Nc1cccc(-c2ccnc(C)n2)c1. The zero-order valence-electron chi connectivity index (χ0n) is 15.3. The Hall–Kier alpha value is -3.21. The molecule has 3 aromatic rings. The van der Waals surface area contributed by atoms with E-state index in [0.29, 0.717) is 0 Å². The quantitative estimate of drug-likeness (QED) is 0.741.